The van der Waals surface area contributed by atoms with Crippen molar-refractivity contribution in [2.24, 2.45) is 11.8 Å². The van der Waals surface area contributed by atoms with Crippen molar-refractivity contribution < 1.29 is 4.74 Å². The van der Waals surface area contributed by atoms with Crippen molar-refractivity contribution in [1.29, 1.82) is 0 Å². The second-order valence-corrected chi connectivity index (χ2v) is 7.02. The van der Waals surface area contributed by atoms with E-state index in [0.29, 0.717) is 6.04 Å². The highest BCUT2D eigenvalue weighted by Crippen LogP contribution is 2.29. The fourth-order valence-electron chi connectivity index (χ4n) is 3.77. The Morgan fingerprint density at radius 2 is 1.82 bits per heavy atom. The molecule has 0 bridgehead atoms. The summed E-state index contributed by atoms with van der Waals surface area (Å²) in [7, 11) is 0. The van der Waals surface area contributed by atoms with E-state index in [0.717, 1.165) is 44.7 Å². The number of rotatable bonds is 4. The van der Waals surface area contributed by atoms with Gasteiger partial charge in [0, 0.05) is 31.4 Å². The zero-order valence-electron chi connectivity index (χ0n) is 14.1. The summed E-state index contributed by atoms with van der Waals surface area (Å²) in [6.07, 6.45) is 4.10. The van der Waals surface area contributed by atoms with Crippen LogP contribution in [0.2, 0.25) is 0 Å². The molecule has 1 aliphatic heterocycles. The Morgan fingerprint density at radius 3 is 2.55 bits per heavy atom. The van der Waals surface area contributed by atoms with Gasteiger partial charge in [0.15, 0.2) is 0 Å². The smallest absolute Gasteiger partial charge is 0.0642 e. The Hall–Kier alpha value is -1.06. The molecule has 3 unspecified atom stereocenters. The molecule has 22 heavy (non-hydrogen) atoms. The van der Waals surface area contributed by atoms with Gasteiger partial charge in [-0.1, -0.05) is 38.8 Å². The van der Waals surface area contributed by atoms with Crippen LogP contribution in [0.25, 0.3) is 0 Å². The molecule has 0 spiro atoms. The molecule has 3 nitrogen and oxygen atoms in total. The van der Waals surface area contributed by atoms with Gasteiger partial charge in [0.25, 0.3) is 0 Å². The zero-order chi connectivity index (χ0) is 15.4. The molecule has 1 saturated carbocycles. The largest absolute Gasteiger partial charge is 0.378 e. The molecule has 0 amide bonds. The number of hydrogen-bond acceptors (Lipinski definition) is 3. The Morgan fingerprint density at radius 1 is 1.09 bits per heavy atom. The Bertz CT molecular complexity index is 453. The van der Waals surface area contributed by atoms with E-state index < -0.39 is 0 Å². The Labute approximate surface area is 135 Å². The van der Waals surface area contributed by atoms with Crippen LogP contribution in [0.5, 0.6) is 0 Å². The Kier molecular flexibility index (Phi) is 5.37. The molecule has 0 radical (unpaired) electrons. The lowest BCUT2D eigenvalue weighted by Gasteiger charge is -2.35. The molecule has 3 rings (SSSR count). The molecule has 122 valence electrons. The fraction of sp³-hybridized carbons (Fsp3) is 0.684. The van der Waals surface area contributed by atoms with Crippen LogP contribution >= 0.6 is 0 Å². The number of nitrogens with zero attached hydrogens (tertiary/aromatic N) is 1. The van der Waals surface area contributed by atoms with Gasteiger partial charge in [-0.2, -0.15) is 0 Å². The second kappa shape index (κ2) is 7.47. The topological polar surface area (TPSA) is 24.5 Å². The van der Waals surface area contributed by atoms with E-state index in [9.17, 15) is 0 Å². The van der Waals surface area contributed by atoms with Gasteiger partial charge in [-0.25, -0.2) is 0 Å². The lowest BCUT2D eigenvalue weighted by Crippen LogP contribution is -2.40. The standard InChI is InChI=1S/C19H30N2O/c1-15-4-3-5-19(16(15)2)20-14-17-6-8-18(9-7-17)21-10-12-22-13-11-21/h6-9,15-16,19-20H,3-5,10-14H2,1-2H3. The van der Waals surface area contributed by atoms with E-state index in [1.165, 1.54) is 30.5 Å². The maximum Gasteiger partial charge on any atom is 0.0642 e. The van der Waals surface area contributed by atoms with Crippen molar-refractivity contribution in [3.05, 3.63) is 29.8 Å². The van der Waals surface area contributed by atoms with Crippen LogP contribution in [-0.2, 0) is 11.3 Å². The third kappa shape index (κ3) is 3.82. The molecule has 0 aromatic heterocycles. The van der Waals surface area contributed by atoms with Crippen molar-refractivity contribution in [2.75, 3.05) is 31.2 Å². The quantitative estimate of drug-likeness (QED) is 0.922. The van der Waals surface area contributed by atoms with Crippen molar-refractivity contribution in [3.8, 4) is 0 Å². The number of anilines is 1. The monoisotopic (exact) mass is 302 g/mol. The summed E-state index contributed by atoms with van der Waals surface area (Å²) in [5, 5.41) is 3.78. The normalized spacial score (nSPS) is 29.5. The van der Waals surface area contributed by atoms with Crippen molar-refractivity contribution in [1.82, 2.24) is 5.32 Å². The Balaban J connectivity index is 1.52. The number of nitrogens with one attached hydrogen (secondary N) is 1. The van der Waals surface area contributed by atoms with Crippen LogP contribution in [0.4, 0.5) is 5.69 Å². The molecule has 1 heterocycles. The molecule has 3 heteroatoms. The van der Waals surface area contributed by atoms with E-state index in [-0.39, 0.29) is 0 Å². The summed E-state index contributed by atoms with van der Waals surface area (Å²) in [5.74, 6) is 1.65. The molecular weight excluding hydrogens is 272 g/mol. The van der Waals surface area contributed by atoms with Crippen LogP contribution in [0, 0.1) is 11.8 Å². The number of benzene rings is 1. The van der Waals surface area contributed by atoms with Gasteiger partial charge in [-0.05, 0) is 36.0 Å². The van der Waals surface area contributed by atoms with Crippen LogP contribution in [0.15, 0.2) is 24.3 Å². The van der Waals surface area contributed by atoms with E-state index in [1.54, 1.807) is 0 Å². The maximum atomic E-state index is 5.42. The first-order valence-electron chi connectivity index (χ1n) is 8.89. The second-order valence-electron chi connectivity index (χ2n) is 7.02. The third-order valence-electron chi connectivity index (χ3n) is 5.59. The number of morpholine rings is 1. The summed E-state index contributed by atoms with van der Waals surface area (Å²) < 4.78 is 5.42. The lowest BCUT2D eigenvalue weighted by atomic mass is 9.78. The molecule has 2 fully saturated rings. The summed E-state index contributed by atoms with van der Waals surface area (Å²) in [4.78, 5) is 2.41. The van der Waals surface area contributed by atoms with Crippen molar-refractivity contribution >= 4 is 5.69 Å². The minimum Gasteiger partial charge on any atom is -0.378 e. The highest BCUT2D eigenvalue weighted by molar-refractivity contribution is 5.47. The third-order valence-corrected chi connectivity index (χ3v) is 5.59. The fourth-order valence-corrected chi connectivity index (χ4v) is 3.77. The van der Waals surface area contributed by atoms with Gasteiger partial charge in [-0.3, -0.25) is 0 Å². The zero-order valence-corrected chi connectivity index (χ0v) is 14.1. The summed E-state index contributed by atoms with van der Waals surface area (Å²) in [6.45, 7) is 9.51. The molecule has 1 N–H and O–H groups in total. The minimum atomic E-state index is 0.683. The van der Waals surface area contributed by atoms with Crippen LogP contribution < -0.4 is 10.2 Å². The summed E-state index contributed by atoms with van der Waals surface area (Å²) >= 11 is 0. The SMILES string of the molecule is CC1CCCC(NCc2ccc(N3CCOCC3)cc2)C1C. The van der Waals surface area contributed by atoms with Crippen LogP contribution in [-0.4, -0.2) is 32.3 Å². The van der Waals surface area contributed by atoms with Crippen molar-refractivity contribution in [2.45, 2.75) is 45.7 Å². The van der Waals surface area contributed by atoms with E-state index in [2.05, 4.69) is 48.3 Å². The first-order chi connectivity index (χ1) is 10.7. The van der Waals surface area contributed by atoms with E-state index in [1.807, 2.05) is 0 Å². The molecule has 1 aromatic rings. The molecule has 1 aliphatic carbocycles. The van der Waals surface area contributed by atoms with Crippen LogP contribution in [0.3, 0.4) is 0 Å². The van der Waals surface area contributed by atoms with Crippen LogP contribution in [0.1, 0.15) is 38.7 Å². The first kappa shape index (κ1) is 15.8. The van der Waals surface area contributed by atoms with Gasteiger partial charge >= 0.3 is 0 Å². The lowest BCUT2D eigenvalue weighted by molar-refractivity contribution is 0.122. The first-order valence-corrected chi connectivity index (χ1v) is 8.89. The molecular formula is C19H30N2O. The highest BCUT2D eigenvalue weighted by Gasteiger charge is 2.26. The predicted octanol–water partition coefficient (Wildman–Crippen LogP) is 3.44. The van der Waals surface area contributed by atoms with Crippen molar-refractivity contribution in [3.63, 3.8) is 0 Å². The minimum absolute atomic E-state index is 0.683. The predicted molar refractivity (Wildman–Crippen MR) is 92.3 cm³/mol. The summed E-state index contributed by atoms with van der Waals surface area (Å²) in [6, 6.07) is 9.75. The summed E-state index contributed by atoms with van der Waals surface area (Å²) in [5.41, 5.74) is 2.72. The molecule has 3 atom stereocenters. The molecule has 2 aliphatic rings. The maximum absolute atomic E-state index is 5.42. The average Bonchev–Trinajstić information content (AvgIpc) is 2.57. The van der Waals surface area contributed by atoms with E-state index >= 15 is 0 Å². The highest BCUT2D eigenvalue weighted by atomic mass is 16.5. The van der Waals surface area contributed by atoms with Gasteiger partial charge < -0.3 is 15.0 Å². The molecule has 1 saturated heterocycles. The number of hydrogen-bond donors (Lipinski definition) is 1. The van der Waals surface area contributed by atoms with Gasteiger partial charge in [0.1, 0.15) is 0 Å². The number of ether oxygens (including phenoxy) is 1. The van der Waals surface area contributed by atoms with Gasteiger partial charge in [0.2, 0.25) is 0 Å². The molecule has 1 aromatic carbocycles. The van der Waals surface area contributed by atoms with Gasteiger partial charge in [-0.15, -0.1) is 0 Å². The average molecular weight is 302 g/mol. The van der Waals surface area contributed by atoms with E-state index in [4.69, 9.17) is 4.74 Å². The van der Waals surface area contributed by atoms with Gasteiger partial charge in [0.05, 0.1) is 13.2 Å².